The highest BCUT2D eigenvalue weighted by Gasteiger charge is 2.09. The van der Waals surface area contributed by atoms with Crippen LogP contribution in [-0.2, 0) is 7.05 Å². The molecular formula is C11H16N6. The first-order valence-electron chi connectivity index (χ1n) is 5.35. The van der Waals surface area contributed by atoms with Crippen LogP contribution in [0.4, 0.5) is 17.3 Å². The third-order valence-corrected chi connectivity index (χ3v) is 2.56. The Kier molecular flexibility index (Phi) is 2.71. The molecule has 3 N–H and O–H groups in total. The van der Waals surface area contributed by atoms with Crippen molar-refractivity contribution in [2.24, 2.45) is 7.05 Å². The third-order valence-electron chi connectivity index (χ3n) is 2.56. The minimum absolute atomic E-state index is 0.501. The number of anilines is 3. The summed E-state index contributed by atoms with van der Waals surface area (Å²) in [6.45, 7) is 5.65. The van der Waals surface area contributed by atoms with Crippen molar-refractivity contribution in [3.05, 3.63) is 23.3 Å². The molecule has 17 heavy (non-hydrogen) atoms. The lowest BCUT2D eigenvalue weighted by atomic mass is 10.3. The fraction of sp³-hybridized carbons (Fsp3) is 0.364. The van der Waals surface area contributed by atoms with Gasteiger partial charge in [0.1, 0.15) is 17.5 Å². The molecule has 0 atom stereocenters. The first kappa shape index (κ1) is 11.4. The van der Waals surface area contributed by atoms with Gasteiger partial charge in [-0.3, -0.25) is 4.68 Å². The Morgan fingerprint density at radius 2 is 1.94 bits per heavy atom. The lowest BCUT2D eigenvalue weighted by Crippen LogP contribution is -2.05. The van der Waals surface area contributed by atoms with Crippen LogP contribution in [0.3, 0.4) is 0 Å². The maximum absolute atomic E-state index is 5.81. The summed E-state index contributed by atoms with van der Waals surface area (Å²) in [5.41, 5.74) is 8.50. The Bertz CT molecular complexity index is 557. The summed E-state index contributed by atoms with van der Waals surface area (Å²) in [6.07, 6.45) is 1.91. The first-order chi connectivity index (χ1) is 7.97. The second-order valence-corrected chi connectivity index (χ2v) is 4.06. The molecule has 90 valence electrons. The van der Waals surface area contributed by atoms with Crippen LogP contribution in [0.15, 0.2) is 6.20 Å². The second kappa shape index (κ2) is 4.04. The van der Waals surface area contributed by atoms with E-state index in [0.717, 1.165) is 22.8 Å². The maximum Gasteiger partial charge on any atom is 0.139 e. The van der Waals surface area contributed by atoms with Crippen molar-refractivity contribution in [1.82, 2.24) is 19.7 Å². The van der Waals surface area contributed by atoms with Crippen LogP contribution in [0.1, 0.15) is 17.1 Å². The molecule has 0 aliphatic rings. The predicted molar refractivity (Wildman–Crippen MR) is 67.1 cm³/mol. The van der Waals surface area contributed by atoms with E-state index in [-0.39, 0.29) is 0 Å². The Morgan fingerprint density at radius 3 is 2.53 bits per heavy atom. The van der Waals surface area contributed by atoms with Crippen molar-refractivity contribution >= 4 is 17.3 Å². The van der Waals surface area contributed by atoms with Gasteiger partial charge >= 0.3 is 0 Å². The topological polar surface area (TPSA) is 81.6 Å². The second-order valence-electron chi connectivity index (χ2n) is 4.06. The van der Waals surface area contributed by atoms with Crippen molar-refractivity contribution < 1.29 is 0 Å². The van der Waals surface area contributed by atoms with Gasteiger partial charge in [-0.15, -0.1) is 0 Å². The lowest BCUT2D eigenvalue weighted by molar-refractivity contribution is 0.756. The molecule has 6 nitrogen and oxygen atoms in total. The minimum atomic E-state index is 0.501. The quantitative estimate of drug-likeness (QED) is 0.819. The van der Waals surface area contributed by atoms with Gasteiger partial charge in [0, 0.05) is 18.8 Å². The molecule has 2 heterocycles. The van der Waals surface area contributed by atoms with Crippen LogP contribution in [0.2, 0.25) is 0 Å². The number of hydrogen-bond acceptors (Lipinski definition) is 5. The van der Waals surface area contributed by atoms with Gasteiger partial charge in [-0.1, -0.05) is 0 Å². The fourth-order valence-corrected chi connectivity index (χ4v) is 1.62. The Labute approximate surface area is 99.9 Å². The van der Waals surface area contributed by atoms with E-state index in [9.17, 15) is 0 Å². The molecule has 2 rings (SSSR count). The highest BCUT2D eigenvalue weighted by molar-refractivity contribution is 5.64. The van der Waals surface area contributed by atoms with Gasteiger partial charge in [-0.2, -0.15) is 5.10 Å². The Morgan fingerprint density at radius 1 is 1.24 bits per heavy atom. The number of nitrogens with two attached hydrogens (primary N) is 1. The molecule has 0 spiro atoms. The average Bonchev–Trinajstić information content (AvgIpc) is 2.53. The number of nitrogen functional groups attached to an aromatic ring is 1. The first-order valence-corrected chi connectivity index (χ1v) is 5.35. The van der Waals surface area contributed by atoms with Gasteiger partial charge in [0.05, 0.1) is 11.4 Å². The summed E-state index contributed by atoms with van der Waals surface area (Å²) < 4.78 is 1.75. The molecule has 0 aromatic carbocycles. The highest BCUT2D eigenvalue weighted by Crippen LogP contribution is 2.23. The number of nitrogens with one attached hydrogen (secondary N) is 1. The summed E-state index contributed by atoms with van der Waals surface area (Å²) in [4.78, 5) is 8.45. The molecule has 0 aliphatic carbocycles. The summed E-state index contributed by atoms with van der Waals surface area (Å²) >= 11 is 0. The summed E-state index contributed by atoms with van der Waals surface area (Å²) in [6, 6.07) is 0. The van der Waals surface area contributed by atoms with Crippen molar-refractivity contribution in [2.45, 2.75) is 20.8 Å². The number of rotatable bonds is 2. The molecule has 0 fully saturated rings. The van der Waals surface area contributed by atoms with Crippen LogP contribution in [0.25, 0.3) is 0 Å². The number of aryl methyl sites for hydroxylation is 3. The van der Waals surface area contributed by atoms with E-state index in [1.165, 1.54) is 0 Å². The summed E-state index contributed by atoms with van der Waals surface area (Å²) in [5, 5.41) is 7.49. The summed E-state index contributed by atoms with van der Waals surface area (Å²) in [7, 11) is 1.88. The van der Waals surface area contributed by atoms with E-state index in [0.29, 0.717) is 11.6 Å². The zero-order chi connectivity index (χ0) is 12.6. The zero-order valence-electron chi connectivity index (χ0n) is 10.4. The normalized spacial score (nSPS) is 10.6. The molecule has 0 bridgehead atoms. The monoisotopic (exact) mass is 232 g/mol. The van der Waals surface area contributed by atoms with E-state index in [1.807, 2.05) is 34.0 Å². The highest BCUT2D eigenvalue weighted by atomic mass is 15.3. The summed E-state index contributed by atoms with van der Waals surface area (Å²) in [5.74, 6) is 1.88. The molecule has 0 saturated carbocycles. The van der Waals surface area contributed by atoms with Crippen LogP contribution in [0, 0.1) is 20.8 Å². The standard InChI is InChI=1S/C11H16N6/c1-6-10(12)13-8(3)14-11(6)15-9-5-17(4)16-7(9)2/h5H,1-4H3,(H3,12,13,14,15). The van der Waals surface area contributed by atoms with Crippen LogP contribution >= 0.6 is 0 Å². The fourth-order valence-electron chi connectivity index (χ4n) is 1.62. The van der Waals surface area contributed by atoms with E-state index >= 15 is 0 Å². The molecule has 0 unspecified atom stereocenters. The largest absolute Gasteiger partial charge is 0.383 e. The molecule has 2 aromatic heterocycles. The predicted octanol–water partition coefficient (Wildman–Crippen LogP) is 1.46. The van der Waals surface area contributed by atoms with Gasteiger partial charge in [0.2, 0.25) is 0 Å². The number of aromatic nitrogens is 4. The number of hydrogen-bond donors (Lipinski definition) is 2. The van der Waals surface area contributed by atoms with E-state index in [2.05, 4.69) is 20.4 Å². The van der Waals surface area contributed by atoms with Crippen LogP contribution < -0.4 is 11.1 Å². The Balaban J connectivity index is 2.39. The van der Waals surface area contributed by atoms with Crippen molar-refractivity contribution in [3.8, 4) is 0 Å². The van der Waals surface area contributed by atoms with Gasteiger partial charge in [0.25, 0.3) is 0 Å². The van der Waals surface area contributed by atoms with Gasteiger partial charge in [0.15, 0.2) is 0 Å². The molecule has 6 heteroatoms. The third kappa shape index (κ3) is 2.20. The molecule has 0 aliphatic heterocycles. The minimum Gasteiger partial charge on any atom is -0.383 e. The van der Waals surface area contributed by atoms with E-state index < -0.39 is 0 Å². The average molecular weight is 232 g/mol. The molecule has 0 radical (unpaired) electrons. The SMILES string of the molecule is Cc1nc(N)c(C)c(Nc2cn(C)nc2C)n1. The van der Waals surface area contributed by atoms with Gasteiger partial charge < -0.3 is 11.1 Å². The zero-order valence-corrected chi connectivity index (χ0v) is 10.4. The maximum atomic E-state index is 5.81. The van der Waals surface area contributed by atoms with Crippen molar-refractivity contribution in [1.29, 1.82) is 0 Å². The van der Waals surface area contributed by atoms with E-state index in [4.69, 9.17) is 5.73 Å². The van der Waals surface area contributed by atoms with Crippen LogP contribution in [0.5, 0.6) is 0 Å². The molecule has 0 amide bonds. The smallest absolute Gasteiger partial charge is 0.139 e. The Hall–Kier alpha value is -2.11. The number of nitrogens with zero attached hydrogens (tertiary/aromatic N) is 4. The molecular weight excluding hydrogens is 216 g/mol. The van der Waals surface area contributed by atoms with E-state index in [1.54, 1.807) is 4.68 Å². The molecule has 2 aromatic rings. The van der Waals surface area contributed by atoms with Gasteiger partial charge in [-0.05, 0) is 20.8 Å². The van der Waals surface area contributed by atoms with Gasteiger partial charge in [-0.25, -0.2) is 9.97 Å². The molecule has 0 saturated heterocycles. The van der Waals surface area contributed by atoms with Crippen LogP contribution in [-0.4, -0.2) is 19.7 Å². The van der Waals surface area contributed by atoms with Crippen molar-refractivity contribution in [2.75, 3.05) is 11.1 Å². The van der Waals surface area contributed by atoms with Crippen molar-refractivity contribution in [3.63, 3.8) is 0 Å². The lowest BCUT2D eigenvalue weighted by Gasteiger charge is -2.09.